The van der Waals surface area contributed by atoms with Gasteiger partial charge in [-0.25, -0.2) is 9.97 Å². The Morgan fingerprint density at radius 2 is 1.90 bits per heavy atom. The molecule has 1 aromatic heterocycles. The zero-order valence-corrected chi connectivity index (χ0v) is 13.6. The van der Waals surface area contributed by atoms with Crippen LogP contribution in [0.3, 0.4) is 0 Å². The van der Waals surface area contributed by atoms with Gasteiger partial charge in [0.15, 0.2) is 0 Å². The summed E-state index contributed by atoms with van der Waals surface area (Å²) in [6, 6.07) is 6.49. The minimum absolute atomic E-state index is 0.858. The fraction of sp³-hybridized carbons (Fsp3) is 0.412. The Morgan fingerprint density at radius 1 is 1.14 bits per heavy atom. The molecule has 0 aliphatic carbocycles. The molecule has 112 valence electrons. The second-order valence-corrected chi connectivity index (χ2v) is 5.26. The molecule has 0 fully saturated rings. The molecule has 2 aromatic rings. The van der Waals surface area contributed by atoms with E-state index in [0.29, 0.717) is 0 Å². The molecule has 0 atom stereocenters. The van der Waals surface area contributed by atoms with Crippen molar-refractivity contribution < 1.29 is 0 Å². The van der Waals surface area contributed by atoms with E-state index in [1.165, 1.54) is 16.8 Å². The quantitative estimate of drug-likeness (QED) is 0.905. The fourth-order valence-corrected chi connectivity index (χ4v) is 2.63. The molecular weight excluding hydrogens is 260 g/mol. The fourth-order valence-electron chi connectivity index (χ4n) is 2.63. The molecule has 0 unspecified atom stereocenters. The number of anilines is 3. The lowest BCUT2D eigenvalue weighted by Crippen LogP contribution is -2.17. The molecule has 4 heteroatoms. The van der Waals surface area contributed by atoms with Gasteiger partial charge in [-0.3, -0.25) is 0 Å². The molecule has 1 heterocycles. The third kappa shape index (κ3) is 3.15. The lowest BCUT2D eigenvalue weighted by atomic mass is 10.1. The van der Waals surface area contributed by atoms with Crippen molar-refractivity contribution in [3.63, 3.8) is 0 Å². The van der Waals surface area contributed by atoms with Gasteiger partial charge in [0.05, 0.1) is 0 Å². The normalized spacial score (nSPS) is 10.5. The van der Waals surface area contributed by atoms with E-state index in [0.717, 1.165) is 30.2 Å². The van der Waals surface area contributed by atoms with Gasteiger partial charge in [0.25, 0.3) is 0 Å². The van der Waals surface area contributed by atoms with Crippen molar-refractivity contribution in [2.24, 2.45) is 0 Å². The van der Waals surface area contributed by atoms with E-state index in [1.54, 1.807) is 6.33 Å². The highest BCUT2D eigenvalue weighted by molar-refractivity contribution is 5.69. The molecule has 2 rings (SSSR count). The van der Waals surface area contributed by atoms with E-state index in [2.05, 4.69) is 73.1 Å². The highest BCUT2D eigenvalue weighted by Crippen LogP contribution is 2.31. The first-order chi connectivity index (χ1) is 10.1. The van der Waals surface area contributed by atoms with Crippen LogP contribution < -0.4 is 10.2 Å². The summed E-state index contributed by atoms with van der Waals surface area (Å²) in [7, 11) is 2.06. The van der Waals surface area contributed by atoms with Crippen LogP contribution in [0.2, 0.25) is 0 Å². The van der Waals surface area contributed by atoms with E-state index in [4.69, 9.17) is 0 Å². The molecule has 1 aromatic carbocycles. The topological polar surface area (TPSA) is 41.1 Å². The van der Waals surface area contributed by atoms with Gasteiger partial charge in [0.2, 0.25) is 0 Å². The summed E-state index contributed by atoms with van der Waals surface area (Å²) >= 11 is 0. The maximum Gasteiger partial charge on any atom is 0.141 e. The Hall–Kier alpha value is -2.10. The molecule has 21 heavy (non-hydrogen) atoms. The lowest BCUT2D eigenvalue weighted by molar-refractivity contribution is 0.986. The lowest BCUT2D eigenvalue weighted by Gasteiger charge is -2.24. The van der Waals surface area contributed by atoms with E-state index in [-0.39, 0.29) is 0 Å². The molecule has 0 saturated carbocycles. The van der Waals surface area contributed by atoms with Crippen molar-refractivity contribution >= 4 is 17.3 Å². The summed E-state index contributed by atoms with van der Waals surface area (Å²) in [4.78, 5) is 11.0. The van der Waals surface area contributed by atoms with Crippen molar-refractivity contribution in [1.29, 1.82) is 0 Å². The molecule has 0 amide bonds. The SMILES string of the molecule is CCNc1ncnc(N(C)c2ccc(C)cc2C)c1CC. The molecule has 0 radical (unpaired) electrons. The van der Waals surface area contributed by atoms with Crippen LogP contribution in [0.25, 0.3) is 0 Å². The third-order valence-corrected chi connectivity index (χ3v) is 3.65. The maximum absolute atomic E-state index is 4.51. The monoisotopic (exact) mass is 284 g/mol. The van der Waals surface area contributed by atoms with E-state index >= 15 is 0 Å². The van der Waals surface area contributed by atoms with Crippen molar-refractivity contribution in [3.05, 3.63) is 41.2 Å². The predicted octanol–water partition coefficient (Wildman–Crippen LogP) is 3.86. The van der Waals surface area contributed by atoms with Crippen LogP contribution in [-0.4, -0.2) is 23.6 Å². The largest absolute Gasteiger partial charge is 0.370 e. The van der Waals surface area contributed by atoms with Gasteiger partial charge in [-0.05, 0) is 38.8 Å². The molecule has 0 aliphatic heterocycles. The van der Waals surface area contributed by atoms with Gasteiger partial charge < -0.3 is 10.2 Å². The second kappa shape index (κ2) is 6.57. The Labute approximate surface area is 127 Å². The van der Waals surface area contributed by atoms with Crippen LogP contribution in [0.4, 0.5) is 17.3 Å². The van der Waals surface area contributed by atoms with Gasteiger partial charge in [-0.2, -0.15) is 0 Å². The van der Waals surface area contributed by atoms with E-state index < -0.39 is 0 Å². The number of hydrogen-bond donors (Lipinski definition) is 1. The first-order valence-electron chi connectivity index (χ1n) is 7.47. The average molecular weight is 284 g/mol. The van der Waals surface area contributed by atoms with Gasteiger partial charge in [-0.15, -0.1) is 0 Å². The van der Waals surface area contributed by atoms with Crippen molar-refractivity contribution in [2.45, 2.75) is 34.1 Å². The summed E-state index contributed by atoms with van der Waals surface area (Å²) in [5.74, 6) is 1.90. The van der Waals surface area contributed by atoms with Gasteiger partial charge >= 0.3 is 0 Å². The van der Waals surface area contributed by atoms with Crippen LogP contribution in [0.5, 0.6) is 0 Å². The van der Waals surface area contributed by atoms with Crippen LogP contribution in [-0.2, 0) is 6.42 Å². The number of benzene rings is 1. The summed E-state index contributed by atoms with van der Waals surface area (Å²) in [6.07, 6.45) is 2.53. The molecule has 0 bridgehead atoms. The summed E-state index contributed by atoms with van der Waals surface area (Å²) in [5.41, 5.74) is 4.86. The highest BCUT2D eigenvalue weighted by atomic mass is 15.2. The predicted molar refractivity (Wildman–Crippen MR) is 89.6 cm³/mol. The Kier molecular flexibility index (Phi) is 4.78. The number of aryl methyl sites for hydroxylation is 2. The maximum atomic E-state index is 4.51. The van der Waals surface area contributed by atoms with E-state index in [1.807, 2.05) is 0 Å². The molecule has 0 aliphatic rings. The third-order valence-electron chi connectivity index (χ3n) is 3.65. The molecule has 0 spiro atoms. The first kappa shape index (κ1) is 15.3. The van der Waals surface area contributed by atoms with Crippen LogP contribution >= 0.6 is 0 Å². The zero-order valence-electron chi connectivity index (χ0n) is 13.6. The molecule has 1 N–H and O–H groups in total. The van der Waals surface area contributed by atoms with Gasteiger partial charge in [-0.1, -0.05) is 24.6 Å². The second-order valence-electron chi connectivity index (χ2n) is 5.26. The molecular formula is C17H24N4. The van der Waals surface area contributed by atoms with Crippen LogP contribution in [0.15, 0.2) is 24.5 Å². The summed E-state index contributed by atoms with van der Waals surface area (Å²) < 4.78 is 0. The van der Waals surface area contributed by atoms with Crippen molar-refractivity contribution in [3.8, 4) is 0 Å². The number of nitrogens with zero attached hydrogens (tertiary/aromatic N) is 3. The van der Waals surface area contributed by atoms with Crippen LogP contribution in [0, 0.1) is 13.8 Å². The standard InChI is InChI=1S/C17H24N4/c1-6-14-16(18-7-2)19-11-20-17(14)21(5)15-9-8-12(3)10-13(15)4/h8-11H,6-7H2,1-5H3,(H,18,19,20). The number of rotatable bonds is 5. The first-order valence-corrected chi connectivity index (χ1v) is 7.47. The van der Waals surface area contributed by atoms with Gasteiger partial charge in [0, 0.05) is 24.8 Å². The minimum Gasteiger partial charge on any atom is -0.370 e. The zero-order chi connectivity index (χ0) is 15.4. The smallest absolute Gasteiger partial charge is 0.141 e. The summed E-state index contributed by atoms with van der Waals surface area (Å²) in [6.45, 7) is 9.32. The Morgan fingerprint density at radius 3 is 2.52 bits per heavy atom. The number of nitrogens with one attached hydrogen (secondary N) is 1. The molecule has 4 nitrogen and oxygen atoms in total. The van der Waals surface area contributed by atoms with E-state index in [9.17, 15) is 0 Å². The molecule has 0 saturated heterocycles. The minimum atomic E-state index is 0.858. The number of aromatic nitrogens is 2. The van der Waals surface area contributed by atoms with Crippen LogP contribution in [0.1, 0.15) is 30.5 Å². The number of hydrogen-bond acceptors (Lipinski definition) is 4. The Balaban J connectivity index is 2.47. The van der Waals surface area contributed by atoms with Gasteiger partial charge in [0.1, 0.15) is 18.0 Å². The average Bonchev–Trinajstić information content (AvgIpc) is 2.46. The highest BCUT2D eigenvalue weighted by Gasteiger charge is 2.15. The Bertz CT molecular complexity index is 622. The van der Waals surface area contributed by atoms with Crippen molar-refractivity contribution in [2.75, 3.05) is 23.8 Å². The van der Waals surface area contributed by atoms with Crippen molar-refractivity contribution in [1.82, 2.24) is 9.97 Å². The summed E-state index contributed by atoms with van der Waals surface area (Å²) in [5, 5.41) is 3.32.